The Morgan fingerprint density at radius 1 is 0.938 bits per heavy atom. The second-order valence-electron chi connectivity index (χ2n) is 9.14. The van der Waals surface area contributed by atoms with Crippen LogP contribution >= 0.6 is 0 Å². The molecule has 6 heteroatoms. The van der Waals surface area contributed by atoms with Crippen molar-refractivity contribution in [1.29, 1.82) is 0 Å². The fraction of sp³-hybridized carbons (Fsp3) is 0.462. The van der Waals surface area contributed by atoms with Crippen molar-refractivity contribution in [2.45, 2.75) is 45.6 Å². The number of fused-ring (bicyclic) bond motifs is 1. The van der Waals surface area contributed by atoms with Gasteiger partial charge in [0.05, 0.1) is 6.04 Å². The molecule has 0 radical (unpaired) electrons. The van der Waals surface area contributed by atoms with Gasteiger partial charge in [0.2, 0.25) is 0 Å². The number of piperidine rings is 1. The van der Waals surface area contributed by atoms with E-state index in [2.05, 4.69) is 45.7 Å². The first kappa shape index (κ1) is 22.3. The Morgan fingerprint density at radius 2 is 1.72 bits per heavy atom. The summed E-state index contributed by atoms with van der Waals surface area (Å²) in [6, 6.07) is 12.4. The van der Waals surface area contributed by atoms with Gasteiger partial charge in [-0.1, -0.05) is 24.6 Å². The first-order chi connectivity index (χ1) is 15.4. The van der Waals surface area contributed by atoms with Crippen LogP contribution in [0.1, 0.15) is 47.6 Å². The number of amides is 2. The van der Waals surface area contributed by atoms with E-state index in [-0.39, 0.29) is 6.04 Å². The quantitative estimate of drug-likeness (QED) is 0.706. The molecule has 0 unspecified atom stereocenters. The number of hydrogen-bond donors (Lipinski definition) is 2. The Bertz CT molecular complexity index is 997. The third kappa shape index (κ3) is 4.96. The second kappa shape index (κ2) is 9.74. The van der Waals surface area contributed by atoms with Gasteiger partial charge in [-0.05, 0) is 86.7 Å². The van der Waals surface area contributed by atoms with Gasteiger partial charge in [-0.15, -0.1) is 0 Å². The maximum absolute atomic E-state index is 12.6. The number of nitrogens with one attached hydrogen (secondary N) is 2. The van der Waals surface area contributed by atoms with Crippen LogP contribution in [0.2, 0.25) is 0 Å². The Kier molecular flexibility index (Phi) is 6.80. The molecule has 1 fully saturated rings. The summed E-state index contributed by atoms with van der Waals surface area (Å²) in [5, 5.41) is 5.62. The maximum Gasteiger partial charge on any atom is 0.313 e. The van der Waals surface area contributed by atoms with Gasteiger partial charge in [-0.25, -0.2) is 0 Å². The molecule has 0 aromatic heterocycles. The molecule has 2 aliphatic rings. The average Bonchev–Trinajstić information content (AvgIpc) is 3.17. The third-order valence-corrected chi connectivity index (χ3v) is 6.87. The van der Waals surface area contributed by atoms with E-state index < -0.39 is 11.8 Å². The molecule has 2 heterocycles. The molecule has 2 amide bonds. The number of benzene rings is 2. The van der Waals surface area contributed by atoms with Crippen LogP contribution in [0.15, 0.2) is 36.4 Å². The molecular formula is C26H34N4O2. The van der Waals surface area contributed by atoms with E-state index in [1.807, 2.05) is 32.0 Å². The van der Waals surface area contributed by atoms with Crippen molar-refractivity contribution < 1.29 is 9.59 Å². The van der Waals surface area contributed by atoms with E-state index in [4.69, 9.17) is 0 Å². The van der Waals surface area contributed by atoms with E-state index >= 15 is 0 Å². The van der Waals surface area contributed by atoms with Crippen molar-refractivity contribution in [2.24, 2.45) is 0 Å². The number of nitrogens with zero attached hydrogens (tertiary/aromatic N) is 2. The van der Waals surface area contributed by atoms with Gasteiger partial charge in [-0.3, -0.25) is 14.5 Å². The van der Waals surface area contributed by atoms with Crippen LogP contribution in [-0.4, -0.2) is 49.9 Å². The number of anilines is 2. The highest BCUT2D eigenvalue weighted by atomic mass is 16.2. The molecule has 170 valence electrons. The summed E-state index contributed by atoms with van der Waals surface area (Å²) >= 11 is 0. The molecule has 2 aromatic carbocycles. The summed E-state index contributed by atoms with van der Waals surface area (Å²) in [6.45, 7) is 7.52. The third-order valence-electron chi connectivity index (χ3n) is 6.87. The number of carbonyl (C=O) groups is 2. The number of likely N-dealkylation sites (tertiary alicyclic amines) is 1. The van der Waals surface area contributed by atoms with Crippen LogP contribution in [0.25, 0.3) is 0 Å². The lowest BCUT2D eigenvalue weighted by atomic mass is 9.98. The number of rotatable bonds is 5. The smallest absolute Gasteiger partial charge is 0.313 e. The summed E-state index contributed by atoms with van der Waals surface area (Å²) in [5.74, 6) is -1.22. The number of carbonyl (C=O) groups excluding carboxylic acids is 2. The fourth-order valence-electron chi connectivity index (χ4n) is 4.76. The zero-order valence-corrected chi connectivity index (χ0v) is 19.4. The topological polar surface area (TPSA) is 64.7 Å². The Morgan fingerprint density at radius 3 is 2.47 bits per heavy atom. The van der Waals surface area contributed by atoms with E-state index in [1.54, 1.807) is 0 Å². The van der Waals surface area contributed by atoms with Crippen LogP contribution in [0.5, 0.6) is 0 Å². The van der Waals surface area contributed by atoms with Crippen molar-refractivity contribution in [2.75, 3.05) is 43.4 Å². The minimum Gasteiger partial charge on any atom is -0.374 e. The molecule has 4 rings (SSSR count). The number of aryl methyl sites for hydroxylation is 2. The van der Waals surface area contributed by atoms with Gasteiger partial charge in [0.15, 0.2) is 0 Å². The second-order valence-corrected chi connectivity index (χ2v) is 9.14. The summed E-state index contributed by atoms with van der Waals surface area (Å²) in [4.78, 5) is 29.8. The van der Waals surface area contributed by atoms with Crippen LogP contribution in [-0.2, 0) is 16.0 Å². The molecule has 2 aliphatic heterocycles. The van der Waals surface area contributed by atoms with Gasteiger partial charge in [0.25, 0.3) is 0 Å². The SMILES string of the molecule is Cc1ccc(NC(=O)C(=O)NC[C@@H](c2ccc3c(c2)CCN3C)N2CCCCC2)cc1C. The van der Waals surface area contributed by atoms with Crippen molar-refractivity contribution in [3.63, 3.8) is 0 Å². The van der Waals surface area contributed by atoms with Crippen molar-refractivity contribution in [3.8, 4) is 0 Å². The van der Waals surface area contributed by atoms with Crippen molar-refractivity contribution >= 4 is 23.2 Å². The molecule has 0 bridgehead atoms. The first-order valence-corrected chi connectivity index (χ1v) is 11.7. The fourth-order valence-corrected chi connectivity index (χ4v) is 4.76. The highest BCUT2D eigenvalue weighted by molar-refractivity contribution is 6.39. The van der Waals surface area contributed by atoms with Gasteiger partial charge in [0, 0.05) is 31.5 Å². The zero-order valence-electron chi connectivity index (χ0n) is 19.4. The Labute approximate surface area is 191 Å². The molecule has 1 saturated heterocycles. The monoisotopic (exact) mass is 434 g/mol. The number of hydrogen-bond acceptors (Lipinski definition) is 4. The largest absolute Gasteiger partial charge is 0.374 e. The minimum atomic E-state index is -0.624. The molecule has 6 nitrogen and oxygen atoms in total. The molecule has 1 atom stereocenters. The van der Waals surface area contributed by atoms with E-state index in [1.165, 1.54) is 36.1 Å². The van der Waals surface area contributed by atoms with Gasteiger partial charge in [0.1, 0.15) is 0 Å². The molecular weight excluding hydrogens is 400 g/mol. The Hall–Kier alpha value is -2.86. The summed E-state index contributed by atoms with van der Waals surface area (Å²) < 4.78 is 0. The highest BCUT2D eigenvalue weighted by Gasteiger charge is 2.26. The molecule has 0 aliphatic carbocycles. The zero-order chi connectivity index (χ0) is 22.7. The molecule has 2 N–H and O–H groups in total. The maximum atomic E-state index is 12.6. The van der Waals surface area contributed by atoms with Crippen LogP contribution in [0, 0.1) is 13.8 Å². The Balaban J connectivity index is 1.44. The summed E-state index contributed by atoms with van der Waals surface area (Å²) in [5.41, 5.74) is 6.75. The van der Waals surface area contributed by atoms with Crippen LogP contribution in [0.4, 0.5) is 11.4 Å². The normalized spacial score (nSPS) is 17.0. The first-order valence-electron chi connectivity index (χ1n) is 11.7. The van der Waals surface area contributed by atoms with E-state index in [9.17, 15) is 9.59 Å². The predicted octanol–water partition coefficient (Wildman–Crippen LogP) is 3.58. The summed E-state index contributed by atoms with van der Waals surface area (Å²) in [6.07, 6.45) is 4.65. The lowest BCUT2D eigenvalue weighted by molar-refractivity contribution is -0.136. The van der Waals surface area contributed by atoms with Gasteiger partial charge < -0.3 is 15.5 Å². The predicted molar refractivity (Wildman–Crippen MR) is 129 cm³/mol. The molecule has 2 aromatic rings. The van der Waals surface area contributed by atoms with Crippen molar-refractivity contribution in [1.82, 2.24) is 10.2 Å². The van der Waals surface area contributed by atoms with E-state index in [0.717, 1.165) is 37.2 Å². The highest BCUT2D eigenvalue weighted by Crippen LogP contribution is 2.32. The molecule has 0 saturated carbocycles. The lowest BCUT2D eigenvalue weighted by Gasteiger charge is -2.35. The molecule has 0 spiro atoms. The minimum absolute atomic E-state index is 0.0740. The average molecular weight is 435 g/mol. The van der Waals surface area contributed by atoms with Gasteiger partial charge >= 0.3 is 11.8 Å². The summed E-state index contributed by atoms with van der Waals surface area (Å²) in [7, 11) is 2.13. The molecule has 32 heavy (non-hydrogen) atoms. The lowest BCUT2D eigenvalue weighted by Crippen LogP contribution is -2.43. The van der Waals surface area contributed by atoms with E-state index in [0.29, 0.717) is 12.2 Å². The number of likely N-dealkylation sites (N-methyl/N-ethyl adjacent to an activating group) is 1. The van der Waals surface area contributed by atoms with Crippen LogP contribution in [0.3, 0.4) is 0 Å². The van der Waals surface area contributed by atoms with Crippen molar-refractivity contribution in [3.05, 3.63) is 58.7 Å². The van der Waals surface area contributed by atoms with Crippen LogP contribution < -0.4 is 15.5 Å². The standard InChI is InChI=1S/C26H34N4O2/c1-18-7-9-22(15-19(18)2)28-26(32)25(31)27-17-24(30-12-5-4-6-13-30)20-8-10-23-21(16-20)11-14-29(23)3/h7-10,15-16,24H,4-6,11-14,17H2,1-3H3,(H,27,31)(H,28,32)/t24-/m0/s1. The van der Waals surface area contributed by atoms with Gasteiger partial charge in [-0.2, -0.15) is 0 Å².